The van der Waals surface area contributed by atoms with Crippen LogP contribution < -0.4 is 0 Å². The standard InChI is InChI=1S/C2H5BIP/c1-2(4)3-5/h2,5H,1H3. The average molecular weight is 198 g/mol. The Kier molecular flexibility index (Phi) is 4.01. The van der Waals surface area contributed by atoms with Gasteiger partial charge in [-0.15, -0.1) is 0 Å². The van der Waals surface area contributed by atoms with Crippen molar-refractivity contribution >= 4 is 37.9 Å². The Bertz CT molecular complexity index is 36.6. The topological polar surface area (TPSA) is 0 Å². The van der Waals surface area contributed by atoms with Gasteiger partial charge in [-0.3, -0.25) is 0 Å². The van der Waals surface area contributed by atoms with E-state index >= 15 is 0 Å². The molecule has 0 aromatic carbocycles. The molecule has 0 N–H and O–H groups in total. The zero-order chi connectivity index (χ0) is 4.28. The van der Waals surface area contributed by atoms with Crippen LogP contribution in [-0.2, 0) is 0 Å². The molecule has 5 heavy (non-hydrogen) atoms. The van der Waals surface area contributed by atoms with Gasteiger partial charge in [0.25, 0.3) is 0 Å². The second kappa shape index (κ2) is 3.29. The zero-order valence-corrected chi connectivity index (χ0v) is 6.19. The Labute approximate surface area is 48.9 Å². The summed E-state index contributed by atoms with van der Waals surface area (Å²) < 4.78 is 0.643. The first-order chi connectivity index (χ1) is 2.27. The van der Waals surface area contributed by atoms with Crippen molar-refractivity contribution < 1.29 is 0 Å². The maximum atomic E-state index is 3.22. The van der Waals surface area contributed by atoms with Crippen LogP contribution in [0.5, 0.6) is 0 Å². The molecule has 3 heteroatoms. The number of rotatable bonds is 1. The number of halogens is 1. The molecule has 28 valence electrons. The fourth-order valence-corrected chi connectivity index (χ4v) is 0. The van der Waals surface area contributed by atoms with Gasteiger partial charge in [-0.05, 0) is 0 Å². The van der Waals surface area contributed by atoms with Crippen molar-refractivity contribution in [2.75, 3.05) is 0 Å². The summed E-state index contributed by atoms with van der Waals surface area (Å²) in [6.45, 7) is 4.06. The van der Waals surface area contributed by atoms with Gasteiger partial charge in [0.1, 0.15) is 0 Å². The molecule has 1 unspecified atom stereocenters. The van der Waals surface area contributed by atoms with Crippen molar-refractivity contribution in [1.82, 2.24) is 0 Å². The minimum absolute atomic E-state index is 0.643. The number of hydrogen-bond acceptors (Lipinski definition) is 0. The van der Waals surface area contributed by atoms with Gasteiger partial charge in [0.05, 0.1) is 0 Å². The molecule has 0 heterocycles. The quantitative estimate of drug-likeness (QED) is 0.259. The second-order valence-electron chi connectivity index (χ2n) is 0.844. The maximum absolute atomic E-state index is 3.22. The fraction of sp³-hybridized carbons (Fsp3) is 1.00. The van der Waals surface area contributed by atoms with E-state index in [0.717, 1.165) is 0 Å². The summed E-state index contributed by atoms with van der Waals surface area (Å²) in [6.07, 6.45) is 0. The van der Waals surface area contributed by atoms with Crippen molar-refractivity contribution in [2.24, 2.45) is 0 Å². The molecule has 0 aliphatic carbocycles. The molecule has 0 rings (SSSR count). The van der Waals surface area contributed by atoms with Gasteiger partial charge in [0.2, 0.25) is 0 Å². The Morgan fingerprint density at radius 1 is 2.00 bits per heavy atom. The summed E-state index contributed by atoms with van der Waals surface area (Å²) in [6, 6.07) is 0. The predicted octanol–water partition coefficient (Wildman–Crippen LogP) is 1.53. The third kappa shape index (κ3) is 5.09. The van der Waals surface area contributed by atoms with Gasteiger partial charge in [-0.1, -0.05) is 0 Å². The van der Waals surface area contributed by atoms with Crippen molar-refractivity contribution in [1.29, 1.82) is 0 Å². The minimum atomic E-state index is 0.643. The average Bonchev–Trinajstić information content (AvgIpc) is 1.38. The Morgan fingerprint density at radius 3 is 2.20 bits per heavy atom. The van der Waals surface area contributed by atoms with Gasteiger partial charge >= 0.3 is 48.7 Å². The van der Waals surface area contributed by atoms with Crippen molar-refractivity contribution in [3.05, 3.63) is 0 Å². The normalized spacial score (nSPS) is 13.2. The van der Waals surface area contributed by atoms with Gasteiger partial charge in [0.15, 0.2) is 0 Å². The van der Waals surface area contributed by atoms with Gasteiger partial charge in [-0.2, -0.15) is 0 Å². The van der Waals surface area contributed by atoms with E-state index in [-0.39, 0.29) is 0 Å². The molecule has 0 aliphatic rings. The van der Waals surface area contributed by atoms with Crippen LogP contribution in [0.25, 0.3) is 0 Å². The summed E-state index contributed by atoms with van der Waals surface area (Å²) in [4.78, 5) is 0. The third-order valence-electron chi connectivity index (χ3n) is 0.230. The Hall–Kier alpha value is 1.09. The van der Waals surface area contributed by atoms with E-state index in [1.54, 1.807) is 0 Å². The molecule has 0 aromatic rings. The Balaban J connectivity index is 2.83. The van der Waals surface area contributed by atoms with Crippen LogP contribution >= 0.6 is 31.3 Å². The van der Waals surface area contributed by atoms with E-state index in [1.165, 1.54) is 0 Å². The van der Waals surface area contributed by atoms with E-state index in [2.05, 4.69) is 38.2 Å². The van der Waals surface area contributed by atoms with Crippen LogP contribution in [-0.4, -0.2) is 10.4 Å². The molecule has 0 nitrogen and oxygen atoms in total. The van der Waals surface area contributed by atoms with Gasteiger partial charge in [-0.25, -0.2) is 0 Å². The molecule has 0 radical (unpaired) electrons. The number of alkyl halides is 1. The Morgan fingerprint density at radius 2 is 2.20 bits per heavy atom. The monoisotopic (exact) mass is 198 g/mol. The van der Waals surface area contributed by atoms with E-state index < -0.39 is 0 Å². The van der Waals surface area contributed by atoms with E-state index in [1.807, 2.05) is 6.62 Å². The molecule has 0 aromatic heterocycles. The van der Waals surface area contributed by atoms with E-state index in [9.17, 15) is 0 Å². The summed E-state index contributed by atoms with van der Waals surface area (Å²) in [5.74, 6) is 0. The van der Waals surface area contributed by atoms with Crippen LogP contribution in [0.15, 0.2) is 0 Å². The molecular formula is C2H5BIP. The van der Waals surface area contributed by atoms with Crippen LogP contribution in [0, 0.1) is 0 Å². The van der Waals surface area contributed by atoms with E-state index in [4.69, 9.17) is 0 Å². The summed E-state index contributed by atoms with van der Waals surface area (Å²) in [7, 11) is 3.22. The SMILES string of the molecule is CC(I)B=P. The first-order valence-electron chi connectivity index (χ1n) is 1.42. The van der Waals surface area contributed by atoms with Crippen molar-refractivity contribution in [3.8, 4) is 0 Å². The predicted molar refractivity (Wildman–Crippen MR) is 37.6 cm³/mol. The van der Waals surface area contributed by atoms with Crippen LogP contribution in [0.1, 0.15) is 6.92 Å². The molecule has 0 aliphatic heterocycles. The summed E-state index contributed by atoms with van der Waals surface area (Å²) in [5.41, 5.74) is 0. The second-order valence-corrected chi connectivity index (χ2v) is 3.14. The molecular weight excluding hydrogens is 193 g/mol. The van der Waals surface area contributed by atoms with Crippen molar-refractivity contribution in [2.45, 2.75) is 10.7 Å². The fourth-order valence-electron chi connectivity index (χ4n) is 0. The van der Waals surface area contributed by atoms with Crippen LogP contribution in [0.2, 0.25) is 0 Å². The van der Waals surface area contributed by atoms with Crippen LogP contribution in [0.4, 0.5) is 0 Å². The zero-order valence-electron chi connectivity index (χ0n) is 3.03. The number of hydrogen-bond donors (Lipinski definition) is 0. The molecule has 0 bridgehead atoms. The molecule has 0 amide bonds. The van der Waals surface area contributed by atoms with Gasteiger partial charge in [0, 0.05) is 0 Å². The van der Waals surface area contributed by atoms with E-state index in [0.29, 0.717) is 3.82 Å². The third-order valence-corrected chi connectivity index (χ3v) is 1.77. The molecule has 0 saturated carbocycles. The molecule has 1 atom stereocenters. The molecule has 0 spiro atoms. The summed E-state index contributed by atoms with van der Waals surface area (Å²) in [5, 5.41) is 0. The van der Waals surface area contributed by atoms with Crippen molar-refractivity contribution in [3.63, 3.8) is 0 Å². The molecule has 0 fully saturated rings. The van der Waals surface area contributed by atoms with Gasteiger partial charge < -0.3 is 0 Å². The first-order valence-corrected chi connectivity index (χ1v) is 3.24. The first kappa shape index (κ1) is 6.09. The molecule has 0 saturated heterocycles. The van der Waals surface area contributed by atoms with Crippen LogP contribution in [0.3, 0.4) is 0 Å². The summed E-state index contributed by atoms with van der Waals surface area (Å²) >= 11 is 2.30.